The van der Waals surface area contributed by atoms with Crippen LogP contribution in [0.1, 0.15) is 5.01 Å². The minimum absolute atomic E-state index is 0.539. The first-order chi connectivity index (χ1) is 9.13. The van der Waals surface area contributed by atoms with Crippen LogP contribution in [0.15, 0.2) is 35.8 Å². The predicted molar refractivity (Wildman–Crippen MR) is 78.9 cm³/mol. The van der Waals surface area contributed by atoms with Gasteiger partial charge in [0.1, 0.15) is 11.6 Å². The quantitative estimate of drug-likeness (QED) is 0.778. The predicted octanol–water partition coefficient (Wildman–Crippen LogP) is 3.10. The van der Waals surface area contributed by atoms with Crippen molar-refractivity contribution in [2.45, 2.75) is 6.92 Å². The first-order valence-corrected chi connectivity index (χ1v) is 6.83. The highest BCUT2D eigenvalue weighted by Crippen LogP contribution is 2.25. The zero-order valence-electron chi connectivity index (χ0n) is 10.8. The molecule has 0 saturated carbocycles. The molecule has 5 heteroatoms. The van der Waals surface area contributed by atoms with E-state index in [1.54, 1.807) is 11.3 Å². The zero-order valence-corrected chi connectivity index (χ0v) is 11.6. The lowest BCUT2D eigenvalue weighted by atomic mass is 10.1. The molecular weight excluding hydrogens is 256 g/mol. The number of nitrogens with zero attached hydrogens (tertiary/aromatic N) is 3. The molecule has 0 aliphatic carbocycles. The molecule has 0 atom stereocenters. The molecule has 3 rings (SSSR count). The van der Waals surface area contributed by atoms with Crippen LogP contribution in [0.2, 0.25) is 0 Å². The van der Waals surface area contributed by atoms with E-state index >= 15 is 0 Å². The molecular formula is C14H14N4S. The second-order valence-corrected chi connectivity index (χ2v) is 5.49. The number of nitrogen functional groups attached to an aromatic ring is 1. The summed E-state index contributed by atoms with van der Waals surface area (Å²) >= 11 is 1.66. The molecule has 3 aromatic rings. The molecule has 96 valence electrons. The molecule has 4 nitrogen and oxygen atoms in total. The first-order valence-electron chi connectivity index (χ1n) is 5.95. The van der Waals surface area contributed by atoms with Crippen LogP contribution in [0.3, 0.4) is 0 Å². The van der Waals surface area contributed by atoms with Gasteiger partial charge in [-0.1, -0.05) is 24.3 Å². The van der Waals surface area contributed by atoms with Gasteiger partial charge in [-0.05, 0) is 6.92 Å². The molecule has 0 aliphatic rings. The molecule has 0 amide bonds. The van der Waals surface area contributed by atoms with E-state index in [0.29, 0.717) is 5.82 Å². The van der Waals surface area contributed by atoms with E-state index in [9.17, 15) is 0 Å². The molecule has 0 aliphatic heterocycles. The number of thiazole rings is 1. The van der Waals surface area contributed by atoms with Crippen molar-refractivity contribution in [3.8, 4) is 22.6 Å². The highest BCUT2D eigenvalue weighted by molar-refractivity contribution is 7.09. The maximum Gasteiger partial charge on any atom is 0.142 e. The molecule has 19 heavy (non-hydrogen) atoms. The van der Waals surface area contributed by atoms with Gasteiger partial charge in [0, 0.05) is 29.8 Å². The molecule has 0 fully saturated rings. The van der Waals surface area contributed by atoms with E-state index in [2.05, 4.69) is 27.5 Å². The van der Waals surface area contributed by atoms with E-state index in [0.717, 1.165) is 27.7 Å². The Hall–Kier alpha value is -2.14. The summed E-state index contributed by atoms with van der Waals surface area (Å²) in [7, 11) is 1.94. The van der Waals surface area contributed by atoms with Gasteiger partial charge < -0.3 is 10.3 Å². The van der Waals surface area contributed by atoms with Crippen LogP contribution in [0.5, 0.6) is 0 Å². The van der Waals surface area contributed by atoms with Crippen molar-refractivity contribution >= 4 is 17.2 Å². The Morgan fingerprint density at radius 1 is 1.11 bits per heavy atom. The van der Waals surface area contributed by atoms with E-state index < -0.39 is 0 Å². The summed E-state index contributed by atoms with van der Waals surface area (Å²) in [5, 5.41) is 3.15. The number of anilines is 1. The Balaban J connectivity index is 1.97. The highest BCUT2D eigenvalue weighted by Gasteiger charge is 2.07. The average molecular weight is 270 g/mol. The molecule has 2 N–H and O–H groups in total. The number of hydrogen-bond acceptors (Lipinski definition) is 4. The van der Waals surface area contributed by atoms with Crippen LogP contribution in [-0.2, 0) is 7.05 Å². The van der Waals surface area contributed by atoms with Crippen LogP contribution in [-0.4, -0.2) is 14.5 Å². The van der Waals surface area contributed by atoms with Gasteiger partial charge in [0.05, 0.1) is 10.7 Å². The average Bonchev–Trinajstić information content (AvgIpc) is 2.96. The summed E-state index contributed by atoms with van der Waals surface area (Å²) in [4.78, 5) is 8.80. The molecule has 0 saturated heterocycles. The van der Waals surface area contributed by atoms with Crippen LogP contribution >= 0.6 is 11.3 Å². The van der Waals surface area contributed by atoms with E-state index in [1.807, 2.05) is 36.9 Å². The number of hydrogen-bond donors (Lipinski definition) is 1. The fourth-order valence-corrected chi connectivity index (χ4v) is 2.67. The monoisotopic (exact) mass is 270 g/mol. The second-order valence-electron chi connectivity index (χ2n) is 4.43. The molecule has 0 spiro atoms. The molecule has 1 aromatic carbocycles. The van der Waals surface area contributed by atoms with Crippen molar-refractivity contribution in [1.29, 1.82) is 0 Å². The van der Waals surface area contributed by atoms with Gasteiger partial charge in [-0.3, -0.25) is 0 Å². The van der Waals surface area contributed by atoms with Gasteiger partial charge in [0.25, 0.3) is 0 Å². The number of aryl methyl sites for hydroxylation is 2. The van der Waals surface area contributed by atoms with Crippen molar-refractivity contribution < 1.29 is 0 Å². The van der Waals surface area contributed by atoms with Gasteiger partial charge in [0.15, 0.2) is 0 Å². The summed E-state index contributed by atoms with van der Waals surface area (Å²) < 4.78 is 1.93. The van der Waals surface area contributed by atoms with E-state index in [1.165, 1.54) is 0 Å². The van der Waals surface area contributed by atoms with Crippen molar-refractivity contribution in [2.75, 3.05) is 5.73 Å². The van der Waals surface area contributed by atoms with Gasteiger partial charge in [-0.2, -0.15) is 0 Å². The first kappa shape index (κ1) is 11.9. The second kappa shape index (κ2) is 4.51. The van der Waals surface area contributed by atoms with Crippen molar-refractivity contribution in [3.05, 3.63) is 40.8 Å². The Morgan fingerprint density at radius 2 is 1.79 bits per heavy atom. The lowest BCUT2D eigenvalue weighted by Crippen LogP contribution is -1.91. The minimum atomic E-state index is 0.539. The Kier molecular flexibility index (Phi) is 2.83. The smallest absolute Gasteiger partial charge is 0.142 e. The SMILES string of the molecule is Cc1nc(-c2ccc(-c3nc(N)cn3C)cc2)cs1. The molecule has 0 bridgehead atoms. The van der Waals surface area contributed by atoms with E-state index in [4.69, 9.17) is 5.73 Å². The third kappa shape index (κ3) is 2.24. The Labute approximate surface area is 115 Å². The maximum absolute atomic E-state index is 5.70. The third-order valence-corrected chi connectivity index (χ3v) is 3.73. The van der Waals surface area contributed by atoms with Crippen LogP contribution < -0.4 is 5.73 Å². The van der Waals surface area contributed by atoms with Crippen LogP contribution in [0.4, 0.5) is 5.82 Å². The summed E-state index contributed by atoms with van der Waals surface area (Å²) in [5.74, 6) is 1.41. The largest absolute Gasteiger partial charge is 0.382 e. The molecule has 0 unspecified atom stereocenters. The lowest BCUT2D eigenvalue weighted by Gasteiger charge is -2.02. The summed E-state index contributed by atoms with van der Waals surface area (Å²) in [6.07, 6.45) is 1.81. The summed E-state index contributed by atoms with van der Waals surface area (Å²) in [6.45, 7) is 2.01. The lowest BCUT2D eigenvalue weighted by molar-refractivity contribution is 0.925. The minimum Gasteiger partial charge on any atom is -0.382 e. The number of rotatable bonds is 2. The fraction of sp³-hybridized carbons (Fsp3) is 0.143. The number of benzene rings is 1. The van der Waals surface area contributed by atoms with Gasteiger partial charge in [-0.25, -0.2) is 9.97 Å². The van der Waals surface area contributed by atoms with Crippen LogP contribution in [0, 0.1) is 6.92 Å². The standard InChI is InChI=1S/C14H14N4S/c1-9-16-12(8-19-9)10-3-5-11(6-4-10)14-17-13(15)7-18(14)2/h3-8H,15H2,1-2H3. The molecule has 2 heterocycles. The summed E-state index contributed by atoms with van der Waals surface area (Å²) in [5.41, 5.74) is 8.89. The third-order valence-electron chi connectivity index (χ3n) is 2.95. The van der Waals surface area contributed by atoms with Gasteiger partial charge in [0.2, 0.25) is 0 Å². The molecule has 2 aromatic heterocycles. The van der Waals surface area contributed by atoms with Gasteiger partial charge >= 0.3 is 0 Å². The number of aromatic nitrogens is 3. The topological polar surface area (TPSA) is 56.7 Å². The normalized spacial score (nSPS) is 10.8. The van der Waals surface area contributed by atoms with Crippen molar-refractivity contribution in [1.82, 2.24) is 14.5 Å². The van der Waals surface area contributed by atoms with Gasteiger partial charge in [-0.15, -0.1) is 11.3 Å². The maximum atomic E-state index is 5.70. The highest BCUT2D eigenvalue weighted by atomic mass is 32.1. The number of imidazole rings is 1. The summed E-state index contributed by atoms with van der Waals surface area (Å²) in [6, 6.07) is 8.22. The number of nitrogens with two attached hydrogens (primary N) is 1. The fourth-order valence-electron chi connectivity index (χ4n) is 2.04. The molecule has 0 radical (unpaired) electrons. The Morgan fingerprint density at radius 3 is 2.32 bits per heavy atom. The van der Waals surface area contributed by atoms with Crippen LogP contribution in [0.25, 0.3) is 22.6 Å². The van der Waals surface area contributed by atoms with Crippen molar-refractivity contribution in [2.24, 2.45) is 7.05 Å². The Bertz CT molecular complexity index is 709. The van der Waals surface area contributed by atoms with E-state index in [-0.39, 0.29) is 0 Å². The zero-order chi connectivity index (χ0) is 13.4. The van der Waals surface area contributed by atoms with Crippen molar-refractivity contribution in [3.63, 3.8) is 0 Å².